The van der Waals surface area contributed by atoms with Crippen molar-refractivity contribution in [3.63, 3.8) is 0 Å². The van der Waals surface area contributed by atoms with Crippen molar-refractivity contribution in [2.75, 3.05) is 40.9 Å². The summed E-state index contributed by atoms with van der Waals surface area (Å²) in [6.45, 7) is 4.74. The molecule has 2 N–H and O–H groups in total. The monoisotopic (exact) mass is 1030 g/mol. The Kier molecular flexibility index (Phi) is 53.5. The zero-order chi connectivity index (χ0) is 52.7. The number of hydrogen-bond acceptors (Lipinski definition) is 6. The van der Waals surface area contributed by atoms with Gasteiger partial charge < -0.3 is 28.8 Å². The van der Waals surface area contributed by atoms with E-state index in [4.69, 9.17) is 9.05 Å². The van der Waals surface area contributed by atoms with Gasteiger partial charge in [0.15, 0.2) is 0 Å². The fraction of sp³-hybridized carbons (Fsp3) is 0.889. The first-order valence-corrected chi connectivity index (χ1v) is 32.8. The summed E-state index contributed by atoms with van der Waals surface area (Å²) < 4.78 is 23.5. The van der Waals surface area contributed by atoms with Gasteiger partial charge in [0.05, 0.1) is 39.9 Å². The van der Waals surface area contributed by atoms with Gasteiger partial charge in [0.2, 0.25) is 5.91 Å². The number of phosphoric ester groups is 1. The van der Waals surface area contributed by atoms with Crippen LogP contribution in [0.2, 0.25) is 0 Å². The van der Waals surface area contributed by atoms with Gasteiger partial charge in [0, 0.05) is 6.42 Å². The number of allylic oxidation sites excluding steroid dienone is 6. The molecule has 0 aromatic carbocycles. The van der Waals surface area contributed by atoms with Gasteiger partial charge in [0.25, 0.3) is 7.82 Å². The minimum atomic E-state index is -4.58. The van der Waals surface area contributed by atoms with E-state index in [1.165, 1.54) is 218 Å². The minimum absolute atomic E-state index is 0.00938. The molecule has 0 spiro atoms. The molecule has 8 nitrogen and oxygen atoms in total. The molecule has 72 heavy (non-hydrogen) atoms. The summed E-state index contributed by atoms with van der Waals surface area (Å²) in [6, 6.07) is -0.809. The van der Waals surface area contributed by atoms with Crippen molar-refractivity contribution in [3.8, 4) is 0 Å². The zero-order valence-electron chi connectivity index (χ0n) is 48.6. The predicted molar refractivity (Wildman–Crippen MR) is 311 cm³/mol. The fourth-order valence-electron chi connectivity index (χ4n) is 9.46. The highest BCUT2D eigenvalue weighted by atomic mass is 31.2. The predicted octanol–water partition coefficient (Wildman–Crippen LogP) is 18.7. The van der Waals surface area contributed by atoms with Crippen LogP contribution in [0.4, 0.5) is 0 Å². The number of phosphoric acid groups is 1. The lowest BCUT2D eigenvalue weighted by molar-refractivity contribution is -0.870. The SMILES string of the molecule is CCCCCCC/C=C\C/C=C\C/C=C\CCCCCCCCC(=O)NC(COP(=O)([O-])OCC[N+](C)(C)C)C(O)CCCCCCCCCCCCCCCCCCCCCCCCCCCCCCC. The maximum absolute atomic E-state index is 13.0. The smallest absolute Gasteiger partial charge is 0.268 e. The van der Waals surface area contributed by atoms with E-state index in [1.807, 2.05) is 21.1 Å². The minimum Gasteiger partial charge on any atom is -0.756 e. The van der Waals surface area contributed by atoms with Gasteiger partial charge in [-0.2, -0.15) is 0 Å². The van der Waals surface area contributed by atoms with Crippen LogP contribution in [-0.4, -0.2) is 68.5 Å². The molecule has 0 radical (unpaired) electrons. The highest BCUT2D eigenvalue weighted by Crippen LogP contribution is 2.38. The Morgan fingerprint density at radius 2 is 0.806 bits per heavy atom. The largest absolute Gasteiger partial charge is 0.756 e. The van der Waals surface area contributed by atoms with E-state index in [0.717, 1.165) is 64.2 Å². The van der Waals surface area contributed by atoms with E-state index in [9.17, 15) is 19.4 Å². The molecule has 3 unspecified atom stereocenters. The van der Waals surface area contributed by atoms with Gasteiger partial charge in [-0.15, -0.1) is 0 Å². The Bertz CT molecular complexity index is 1270. The zero-order valence-corrected chi connectivity index (χ0v) is 49.5. The molecule has 0 saturated heterocycles. The van der Waals surface area contributed by atoms with Crippen molar-refractivity contribution < 1.29 is 32.9 Å². The third kappa shape index (κ3) is 56.4. The highest BCUT2D eigenvalue weighted by molar-refractivity contribution is 7.45. The molecular formula is C63H123N2O6P. The first kappa shape index (κ1) is 70.7. The van der Waals surface area contributed by atoms with Crippen molar-refractivity contribution >= 4 is 13.7 Å². The summed E-state index contributed by atoms with van der Waals surface area (Å²) >= 11 is 0. The van der Waals surface area contributed by atoms with E-state index in [0.29, 0.717) is 23.9 Å². The number of hydrogen-bond donors (Lipinski definition) is 2. The topological polar surface area (TPSA) is 108 Å². The normalized spacial score (nSPS) is 14.0. The Balaban J connectivity index is 4.10. The molecule has 0 aromatic rings. The molecule has 0 rings (SSSR count). The quantitative estimate of drug-likeness (QED) is 0.0272. The fourth-order valence-corrected chi connectivity index (χ4v) is 10.2. The Morgan fingerprint density at radius 3 is 1.17 bits per heavy atom. The molecule has 0 heterocycles. The van der Waals surface area contributed by atoms with Crippen molar-refractivity contribution in [3.05, 3.63) is 36.5 Å². The van der Waals surface area contributed by atoms with Crippen molar-refractivity contribution in [2.24, 2.45) is 0 Å². The molecule has 1 amide bonds. The number of rotatable bonds is 58. The van der Waals surface area contributed by atoms with E-state index >= 15 is 0 Å². The van der Waals surface area contributed by atoms with E-state index in [-0.39, 0.29) is 19.1 Å². The number of aliphatic hydroxyl groups is 1. The maximum Gasteiger partial charge on any atom is 0.268 e. The Labute approximate surface area is 448 Å². The number of amides is 1. The first-order chi connectivity index (χ1) is 35.0. The molecule has 0 saturated carbocycles. The van der Waals surface area contributed by atoms with Crippen LogP contribution in [0.5, 0.6) is 0 Å². The highest BCUT2D eigenvalue weighted by Gasteiger charge is 2.24. The summed E-state index contributed by atoms with van der Waals surface area (Å²) in [6.07, 6.45) is 70.5. The molecule has 0 aliphatic heterocycles. The van der Waals surface area contributed by atoms with E-state index in [1.54, 1.807) is 0 Å². The van der Waals surface area contributed by atoms with Gasteiger partial charge in [-0.05, 0) is 51.4 Å². The van der Waals surface area contributed by atoms with Crippen LogP contribution in [0.1, 0.15) is 309 Å². The van der Waals surface area contributed by atoms with Crippen LogP contribution in [0, 0.1) is 0 Å². The Morgan fingerprint density at radius 1 is 0.486 bits per heavy atom. The summed E-state index contributed by atoms with van der Waals surface area (Å²) in [4.78, 5) is 25.6. The molecule has 0 aromatic heterocycles. The van der Waals surface area contributed by atoms with Crippen LogP contribution >= 0.6 is 7.82 Å². The maximum atomic E-state index is 13.0. The van der Waals surface area contributed by atoms with Crippen LogP contribution in [0.15, 0.2) is 36.5 Å². The summed E-state index contributed by atoms with van der Waals surface area (Å²) in [5.41, 5.74) is 0. The second kappa shape index (κ2) is 54.5. The number of carbonyl (C=O) groups excluding carboxylic acids is 1. The number of quaternary nitrogens is 1. The number of carbonyl (C=O) groups is 1. The third-order valence-electron chi connectivity index (χ3n) is 14.4. The Hall–Kier alpha value is -1.28. The summed E-state index contributed by atoms with van der Waals surface area (Å²) in [5.74, 6) is -0.173. The number of nitrogens with zero attached hydrogens (tertiary/aromatic N) is 1. The lowest BCUT2D eigenvalue weighted by Gasteiger charge is -2.30. The average Bonchev–Trinajstić information content (AvgIpc) is 3.34. The van der Waals surface area contributed by atoms with Crippen LogP contribution in [0.25, 0.3) is 0 Å². The molecule has 0 fully saturated rings. The third-order valence-corrected chi connectivity index (χ3v) is 15.3. The van der Waals surface area contributed by atoms with Crippen molar-refractivity contribution in [1.82, 2.24) is 5.32 Å². The molecule has 0 aliphatic rings. The molecule has 3 atom stereocenters. The summed E-state index contributed by atoms with van der Waals surface area (Å²) in [7, 11) is 1.30. The van der Waals surface area contributed by atoms with E-state index < -0.39 is 20.0 Å². The van der Waals surface area contributed by atoms with Crippen LogP contribution < -0.4 is 10.2 Å². The van der Waals surface area contributed by atoms with Crippen molar-refractivity contribution in [2.45, 2.75) is 321 Å². The average molecular weight is 1040 g/mol. The second-order valence-corrected chi connectivity index (χ2v) is 24.2. The second-order valence-electron chi connectivity index (χ2n) is 22.8. The van der Waals surface area contributed by atoms with E-state index in [2.05, 4.69) is 55.6 Å². The lowest BCUT2D eigenvalue weighted by Crippen LogP contribution is -2.46. The van der Waals surface area contributed by atoms with Gasteiger partial charge in [-0.25, -0.2) is 0 Å². The van der Waals surface area contributed by atoms with Crippen LogP contribution in [-0.2, 0) is 18.4 Å². The number of unbranched alkanes of at least 4 members (excludes halogenated alkanes) is 39. The van der Waals surface area contributed by atoms with Gasteiger partial charge >= 0.3 is 0 Å². The number of nitrogens with one attached hydrogen (secondary N) is 1. The van der Waals surface area contributed by atoms with Crippen molar-refractivity contribution in [1.29, 1.82) is 0 Å². The lowest BCUT2D eigenvalue weighted by atomic mass is 10.0. The molecule has 426 valence electrons. The van der Waals surface area contributed by atoms with Gasteiger partial charge in [0.1, 0.15) is 13.2 Å². The molecule has 0 bridgehead atoms. The van der Waals surface area contributed by atoms with Gasteiger partial charge in [-0.1, -0.05) is 288 Å². The molecular weight excluding hydrogens is 912 g/mol. The standard InChI is InChI=1S/C63H123N2O6P/c1-6-8-10-12-14-16-18-20-22-24-26-28-29-30-31-32-33-34-35-37-38-40-42-44-46-48-50-52-54-56-62(66)61(60-71-72(68,69)70-59-58-65(3,4)5)64-63(67)57-55-53-51-49-47-45-43-41-39-36-27-25-23-21-19-17-15-13-11-9-7-2/h19,21,25,27,39,41,61-62,66H,6-18,20,22-24,26,28-38,40,42-60H2,1-5H3,(H-,64,67,68,69)/b21-19-,27-25-,41-39-. The number of aliphatic hydroxyl groups excluding tert-OH is 1. The molecule has 9 heteroatoms. The molecule has 0 aliphatic carbocycles. The first-order valence-electron chi connectivity index (χ1n) is 31.3. The summed E-state index contributed by atoms with van der Waals surface area (Å²) in [5, 5.41) is 14.1. The number of likely N-dealkylation sites (N-methyl/N-ethyl adjacent to an activating group) is 1. The van der Waals surface area contributed by atoms with Crippen LogP contribution in [0.3, 0.4) is 0 Å². The van der Waals surface area contributed by atoms with Gasteiger partial charge in [-0.3, -0.25) is 9.36 Å².